The Morgan fingerprint density at radius 2 is 1.67 bits per heavy atom. The van der Waals surface area contributed by atoms with Gasteiger partial charge in [0.1, 0.15) is 0 Å². The lowest BCUT2D eigenvalue weighted by molar-refractivity contribution is 0.445. The van der Waals surface area contributed by atoms with E-state index in [9.17, 15) is 4.79 Å². The zero-order valence-electron chi connectivity index (χ0n) is 4.92. The van der Waals surface area contributed by atoms with Crippen molar-refractivity contribution in [2.75, 3.05) is 13.1 Å². The van der Waals surface area contributed by atoms with Crippen molar-refractivity contribution >= 4 is 6.41 Å². The molecule has 2 nitrogen and oxygen atoms in total. The summed E-state index contributed by atoms with van der Waals surface area (Å²) in [5.74, 6) is 4.54. The Morgan fingerprint density at radius 3 is 1.89 bits per heavy atom. The van der Waals surface area contributed by atoms with Crippen molar-refractivity contribution in [2.45, 2.75) is 0 Å². The van der Waals surface area contributed by atoms with Crippen LogP contribution >= 0.6 is 0 Å². The fourth-order valence-corrected chi connectivity index (χ4v) is 0.341. The summed E-state index contributed by atoms with van der Waals surface area (Å²) in [6.07, 6.45) is 11.4. The van der Waals surface area contributed by atoms with Gasteiger partial charge in [-0.25, -0.2) is 0 Å². The Bertz CT molecular complexity index is 145. The summed E-state index contributed by atoms with van der Waals surface area (Å²) in [4.78, 5) is 11.1. The van der Waals surface area contributed by atoms with Crippen LogP contribution in [0.15, 0.2) is 0 Å². The number of terminal acetylenes is 2. The Balaban J connectivity index is 3.60. The Labute approximate surface area is 54.8 Å². The van der Waals surface area contributed by atoms with Crippen LogP contribution in [0.25, 0.3) is 0 Å². The second kappa shape index (κ2) is 4.74. The number of amides is 1. The third-order valence-corrected chi connectivity index (χ3v) is 0.693. The van der Waals surface area contributed by atoms with Crippen molar-refractivity contribution in [2.24, 2.45) is 0 Å². The highest BCUT2D eigenvalue weighted by Crippen LogP contribution is 1.76. The number of carbonyl (C=O) groups excluding carboxylic acids is 1. The molecule has 2 heteroatoms. The van der Waals surface area contributed by atoms with Gasteiger partial charge in [0.15, 0.2) is 0 Å². The first-order chi connectivity index (χ1) is 4.35. The van der Waals surface area contributed by atoms with Crippen LogP contribution in [0.5, 0.6) is 0 Å². The Morgan fingerprint density at radius 1 is 1.22 bits per heavy atom. The second-order valence-corrected chi connectivity index (χ2v) is 1.36. The van der Waals surface area contributed by atoms with E-state index in [0.717, 1.165) is 0 Å². The molecule has 0 aromatic rings. The number of nitrogens with zero attached hydrogens (tertiary/aromatic N) is 1. The molecule has 0 aliphatic heterocycles. The lowest BCUT2D eigenvalue weighted by Gasteiger charge is -2.05. The second-order valence-electron chi connectivity index (χ2n) is 1.36. The summed E-state index contributed by atoms with van der Waals surface area (Å²) in [6, 6.07) is 0. The van der Waals surface area contributed by atoms with Gasteiger partial charge < -0.3 is 4.90 Å². The normalized spacial score (nSPS) is 6.89. The van der Waals surface area contributed by atoms with E-state index in [1.165, 1.54) is 4.90 Å². The highest BCUT2D eigenvalue weighted by Gasteiger charge is 1.94. The van der Waals surface area contributed by atoms with E-state index in [1.807, 2.05) is 0 Å². The van der Waals surface area contributed by atoms with E-state index in [2.05, 4.69) is 11.8 Å². The first kappa shape index (κ1) is 7.59. The minimum Gasteiger partial charge on any atom is -0.312 e. The van der Waals surface area contributed by atoms with Crippen molar-refractivity contribution in [3.05, 3.63) is 0 Å². The van der Waals surface area contributed by atoms with Gasteiger partial charge in [-0.1, -0.05) is 11.8 Å². The molecule has 0 unspecified atom stereocenters. The molecular weight excluding hydrogens is 114 g/mol. The molecule has 1 radical (unpaired) electrons. The molecule has 0 aromatic carbocycles. The van der Waals surface area contributed by atoms with Crippen LogP contribution in [0, 0.1) is 24.7 Å². The van der Waals surface area contributed by atoms with Crippen LogP contribution in [0.1, 0.15) is 0 Å². The summed E-state index contributed by atoms with van der Waals surface area (Å²) >= 11 is 0. The van der Waals surface area contributed by atoms with Gasteiger partial charge in [-0.3, -0.25) is 4.79 Å². The molecule has 0 aromatic heterocycles. The highest BCUT2D eigenvalue weighted by molar-refractivity contribution is 5.49. The van der Waals surface area contributed by atoms with Gasteiger partial charge in [0.2, 0.25) is 0 Å². The maximum absolute atomic E-state index is 9.89. The molecule has 0 rings (SSSR count). The fraction of sp³-hybridized carbons (Fsp3) is 0.286. The largest absolute Gasteiger partial charge is 0.313 e. The van der Waals surface area contributed by atoms with Crippen LogP contribution in [0.2, 0.25) is 0 Å². The van der Waals surface area contributed by atoms with Crippen LogP contribution in [0.3, 0.4) is 0 Å². The van der Waals surface area contributed by atoms with Gasteiger partial charge in [-0.15, -0.1) is 12.8 Å². The van der Waals surface area contributed by atoms with Crippen LogP contribution in [-0.2, 0) is 4.79 Å². The third kappa shape index (κ3) is 3.20. The summed E-state index contributed by atoms with van der Waals surface area (Å²) in [5, 5.41) is 0. The number of hydrogen-bond donors (Lipinski definition) is 0. The van der Waals surface area contributed by atoms with E-state index >= 15 is 0 Å². The SMILES string of the molecule is C#CCN([C]=O)CC#C. The monoisotopic (exact) mass is 120 g/mol. The molecule has 0 spiro atoms. The molecule has 0 N–H and O–H groups in total. The molecule has 0 heterocycles. The van der Waals surface area contributed by atoms with Crippen molar-refractivity contribution in [1.82, 2.24) is 4.90 Å². The molecule has 0 saturated heterocycles. The average Bonchev–Trinajstić information content (AvgIpc) is 1.88. The molecule has 0 aliphatic rings. The smallest absolute Gasteiger partial charge is 0.312 e. The van der Waals surface area contributed by atoms with Gasteiger partial charge in [-0.05, 0) is 0 Å². The first-order valence-electron chi connectivity index (χ1n) is 2.34. The van der Waals surface area contributed by atoms with E-state index < -0.39 is 0 Å². The summed E-state index contributed by atoms with van der Waals surface area (Å²) in [6.45, 7) is 0.460. The van der Waals surface area contributed by atoms with Gasteiger partial charge in [0, 0.05) is 0 Å². The van der Waals surface area contributed by atoms with Crippen LogP contribution < -0.4 is 0 Å². The molecule has 0 atom stereocenters. The first-order valence-corrected chi connectivity index (χ1v) is 2.34. The van der Waals surface area contributed by atoms with Crippen LogP contribution in [-0.4, -0.2) is 24.4 Å². The van der Waals surface area contributed by atoms with Gasteiger partial charge >= 0.3 is 6.41 Å². The van der Waals surface area contributed by atoms with Crippen molar-refractivity contribution in [3.8, 4) is 24.7 Å². The van der Waals surface area contributed by atoms with E-state index in [0.29, 0.717) is 0 Å². The third-order valence-electron chi connectivity index (χ3n) is 0.693. The van der Waals surface area contributed by atoms with Crippen LogP contribution in [0.4, 0.5) is 0 Å². The van der Waals surface area contributed by atoms with E-state index in [4.69, 9.17) is 12.8 Å². The topological polar surface area (TPSA) is 20.3 Å². The minimum absolute atomic E-state index is 0.230. The zero-order chi connectivity index (χ0) is 7.11. The molecule has 0 saturated carbocycles. The molecule has 0 aliphatic carbocycles. The molecule has 1 amide bonds. The molecular formula is C7H6NO. The minimum atomic E-state index is 0.230. The average molecular weight is 120 g/mol. The Kier molecular flexibility index (Phi) is 4.00. The zero-order valence-corrected chi connectivity index (χ0v) is 4.92. The summed E-state index contributed by atoms with van der Waals surface area (Å²) < 4.78 is 0. The lowest BCUT2D eigenvalue weighted by Crippen LogP contribution is -2.21. The number of hydrogen-bond acceptors (Lipinski definition) is 1. The van der Waals surface area contributed by atoms with Crippen molar-refractivity contribution < 1.29 is 4.79 Å². The summed E-state index contributed by atoms with van der Waals surface area (Å²) in [5.41, 5.74) is 0. The van der Waals surface area contributed by atoms with Gasteiger partial charge in [0.25, 0.3) is 0 Å². The molecule has 0 bridgehead atoms. The number of rotatable bonds is 3. The maximum Gasteiger partial charge on any atom is 0.313 e. The lowest BCUT2D eigenvalue weighted by atomic mass is 10.5. The van der Waals surface area contributed by atoms with Gasteiger partial charge in [0.05, 0.1) is 13.1 Å². The molecule has 45 valence electrons. The quantitative estimate of drug-likeness (QED) is 0.367. The van der Waals surface area contributed by atoms with Gasteiger partial charge in [-0.2, -0.15) is 0 Å². The highest BCUT2D eigenvalue weighted by atomic mass is 16.1. The van der Waals surface area contributed by atoms with E-state index in [1.54, 1.807) is 6.41 Å². The predicted octanol–water partition coefficient (Wildman–Crippen LogP) is -0.378. The van der Waals surface area contributed by atoms with E-state index in [-0.39, 0.29) is 13.1 Å². The molecule has 9 heavy (non-hydrogen) atoms. The van der Waals surface area contributed by atoms with Crippen molar-refractivity contribution in [1.29, 1.82) is 0 Å². The Hall–Kier alpha value is -1.41. The molecule has 0 fully saturated rings. The standard InChI is InChI=1S/C7H6NO/c1-3-5-8(7-9)6-4-2/h1-2H,5-6H2. The predicted molar refractivity (Wildman–Crippen MR) is 34.9 cm³/mol. The summed E-state index contributed by atoms with van der Waals surface area (Å²) in [7, 11) is 0. The fourth-order valence-electron chi connectivity index (χ4n) is 0.341. The van der Waals surface area contributed by atoms with Crippen molar-refractivity contribution in [3.63, 3.8) is 0 Å². The maximum atomic E-state index is 9.89.